The van der Waals surface area contributed by atoms with Crippen LogP contribution in [-0.2, 0) is 4.79 Å². The molecule has 2 N–H and O–H groups in total. The number of carbonyl (C=O) groups is 2. The minimum absolute atomic E-state index is 0.136. The van der Waals surface area contributed by atoms with E-state index in [-0.39, 0.29) is 5.56 Å². The SMILES string of the molecule is CCC[C@@H](NC(=O)c1ccc(C)cc1F)C(=O)O. The van der Waals surface area contributed by atoms with Gasteiger partial charge in [0.1, 0.15) is 11.9 Å². The fourth-order valence-corrected chi connectivity index (χ4v) is 1.59. The van der Waals surface area contributed by atoms with Crippen molar-refractivity contribution in [3.8, 4) is 0 Å². The third-order valence-electron chi connectivity index (χ3n) is 2.55. The van der Waals surface area contributed by atoms with Crippen LogP contribution in [0.3, 0.4) is 0 Å². The van der Waals surface area contributed by atoms with E-state index >= 15 is 0 Å². The Kier molecular flexibility index (Phi) is 4.83. The summed E-state index contributed by atoms with van der Waals surface area (Å²) in [7, 11) is 0. The summed E-state index contributed by atoms with van der Waals surface area (Å²) in [4.78, 5) is 22.6. The van der Waals surface area contributed by atoms with Crippen LogP contribution in [0.4, 0.5) is 4.39 Å². The van der Waals surface area contributed by atoms with Gasteiger partial charge >= 0.3 is 5.97 Å². The number of benzene rings is 1. The summed E-state index contributed by atoms with van der Waals surface area (Å²) in [6, 6.07) is 3.21. The van der Waals surface area contributed by atoms with Gasteiger partial charge in [-0.3, -0.25) is 4.79 Å². The Hall–Kier alpha value is -1.91. The number of aliphatic carboxylic acids is 1. The van der Waals surface area contributed by atoms with Crippen molar-refractivity contribution in [1.82, 2.24) is 5.32 Å². The maximum atomic E-state index is 13.5. The van der Waals surface area contributed by atoms with Gasteiger partial charge in [-0.05, 0) is 31.0 Å². The smallest absolute Gasteiger partial charge is 0.326 e. The van der Waals surface area contributed by atoms with Crippen molar-refractivity contribution in [1.29, 1.82) is 0 Å². The van der Waals surface area contributed by atoms with E-state index in [1.807, 2.05) is 6.92 Å². The first kappa shape index (κ1) is 14.2. The van der Waals surface area contributed by atoms with Crippen molar-refractivity contribution in [2.45, 2.75) is 32.7 Å². The zero-order valence-electron chi connectivity index (χ0n) is 10.4. The Morgan fingerprint density at radius 2 is 2.11 bits per heavy atom. The normalized spacial score (nSPS) is 11.9. The van der Waals surface area contributed by atoms with Crippen molar-refractivity contribution >= 4 is 11.9 Å². The van der Waals surface area contributed by atoms with Crippen LogP contribution in [0.15, 0.2) is 18.2 Å². The van der Waals surface area contributed by atoms with Crippen molar-refractivity contribution in [2.75, 3.05) is 0 Å². The zero-order valence-corrected chi connectivity index (χ0v) is 10.4. The molecule has 0 aliphatic rings. The van der Waals surface area contributed by atoms with Crippen LogP contribution in [0.25, 0.3) is 0 Å². The maximum Gasteiger partial charge on any atom is 0.326 e. The number of carboxylic acids is 1. The van der Waals surface area contributed by atoms with Crippen molar-refractivity contribution in [3.63, 3.8) is 0 Å². The van der Waals surface area contributed by atoms with Gasteiger partial charge in [0.2, 0.25) is 0 Å². The van der Waals surface area contributed by atoms with Gasteiger partial charge < -0.3 is 10.4 Å². The topological polar surface area (TPSA) is 66.4 Å². The van der Waals surface area contributed by atoms with Crippen LogP contribution in [0.1, 0.15) is 35.7 Å². The van der Waals surface area contributed by atoms with Gasteiger partial charge in [0.05, 0.1) is 5.56 Å². The number of aryl methyl sites for hydroxylation is 1. The van der Waals surface area contributed by atoms with Gasteiger partial charge in [-0.15, -0.1) is 0 Å². The second-order valence-corrected chi connectivity index (χ2v) is 4.14. The Balaban J connectivity index is 2.83. The largest absolute Gasteiger partial charge is 0.480 e. The third kappa shape index (κ3) is 3.55. The fraction of sp³-hybridized carbons (Fsp3) is 0.385. The van der Waals surface area contributed by atoms with E-state index in [0.29, 0.717) is 18.4 Å². The summed E-state index contributed by atoms with van der Waals surface area (Å²) in [5.41, 5.74) is 0.565. The molecule has 98 valence electrons. The number of carboxylic acid groups (broad SMARTS) is 1. The number of nitrogens with one attached hydrogen (secondary N) is 1. The molecule has 1 aromatic rings. The van der Waals surface area contributed by atoms with Crippen molar-refractivity contribution < 1.29 is 19.1 Å². The van der Waals surface area contributed by atoms with E-state index in [2.05, 4.69) is 5.32 Å². The van der Waals surface area contributed by atoms with Gasteiger partial charge in [-0.2, -0.15) is 0 Å². The van der Waals surface area contributed by atoms with Crippen LogP contribution in [0.5, 0.6) is 0 Å². The van der Waals surface area contributed by atoms with E-state index in [0.717, 1.165) is 0 Å². The monoisotopic (exact) mass is 253 g/mol. The van der Waals surface area contributed by atoms with Gasteiger partial charge in [-0.1, -0.05) is 19.4 Å². The average molecular weight is 253 g/mol. The lowest BCUT2D eigenvalue weighted by Gasteiger charge is -2.13. The molecule has 0 saturated heterocycles. The van der Waals surface area contributed by atoms with E-state index in [1.165, 1.54) is 12.1 Å². The fourth-order valence-electron chi connectivity index (χ4n) is 1.59. The van der Waals surface area contributed by atoms with Crippen LogP contribution in [-0.4, -0.2) is 23.0 Å². The summed E-state index contributed by atoms with van der Waals surface area (Å²) in [5, 5.41) is 11.2. The molecule has 0 spiro atoms. The summed E-state index contributed by atoms with van der Waals surface area (Å²) in [6.45, 7) is 3.52. The van der Waals surface area contributed by atoms with Gasteiger partial charge in [0, 0.05) is 0 Å². The quantitative estimate of drug-likeness (QED) is 0.844. The average Bonchev–Trinajstić information content (AvgIpc) is 2.27. The molecule has 1 rings (SSSR count). The molecule has 0 fully saturated rings. The maximum absolute atomic E-state index is 13.5. The van der Waals surface area contributed by atoms with Gasteiger partial charge in [0.15, 0.2) is 0 Å². The predicted molar refractivity (Wildman–Crippen MR) is 64.9 cm³/mol. The minimum atomic E-state index is -1.11. The number of hydrogen-bond donors (Lipinski definition) is 2. The first-order valence-corrected chi connectivity index (χ1v) is 5.75. The molecule has 5 heteroatoms. The lowest BCUT2D eigenvalue weighted by atomic mass is 10.1. The molecule has 4 nitrogen and oxygen atoms in total. The van der Waals surface area contributed by atoms with E-state index in [4.69, 9.17) is 5.11 Å². The molecule has 1 atom stereocenters. The summed E-state index contributed by atoms with van der Waals surface area (Å²) >= 11 is 0. The van der Waals surface area contributed by atoms with Crippen LogP contribution >= 0.6 is 0 Å². The van der Waals surface area contributed by atoms with Crippen LogP contribution in [0.2, 0.25) is 0 Å². The third-order valence-corrected chi connectivity index (χ3v) is 2.55. The molecule has 0 bridgehead atoms. The Morgan fingerprint density at radius 3 is 2.61 bits per heavy atom. The van der Waals surface area contributed by atoms with E-state index < -0.39 is 23.7 Å². The number of rotatable bonds is 5. The van der Waals surface area contributed by atoms with Crippen molar-refractivity contribution in [2.24, 2.45) is 0 Å². The molecule has 0 unspecified atom stereocenters. The zero-order chi connectivity index (χ0) is 13.7. The molecule has 0 aromatic heterocycles. The second kappa shape index (κ2) is 6.14. The lowest BCUT2D eigenvalue weighted by Crippen LogP contribution is -2.40. The minimum Gasteiger partial charge on any atom is -0.480 e. The highest BCUT2D eigenvalue weighted by molar-refractivity contribution is 5.96. The summed E-state index contributed by atoms with van der Waals surface area (Å²) in [6.07, 6.45) is 0.933. The molecular formula is C13H16FNO3. The van der Waals surface area contributed by atoms with E-state index in [9.17, 15) is 14.0 Å². The molecule has 0 heterocycles. The highest BCUT2D eigenvalue weighted by Gasteiger charge is 2.21. The lowest BCUT2D eigenvalue weighted by molar-refractivity contribution is -0.139. The number of amides is 1. The first-order valence-electron chi connectivity index (χ1n) is 5.75. The molecular weight excluding hydrogens is 237 g/mol. The number of hydrogen-bond acceptors (Lipinski definition) is 2. The van der Waals surface area contributed by atoms with E-state index in [1.54, 1.807) is 13.0 Å². The van der Waals surface area contributed by atoms with Gasteiger partial charge in [0.25, 0.3) is 5.91 Å². The molecule has 1 aromatic carbocycles. The molecule has 0 aliphatic carbocycles. The molecule has 18 heavy (non-hydrogen) atoms. The number of carbonyl (C=O) groups excluding carboxylic acids is 1. The summed E-state index contributed by atoms with van der Waals surface area (Å²) < 4.78 is 13.5. The van der Waals surface area contributed by atoms with Crippen molar-refractivity contribution in [3.05, 3.63) is 35.1 Å². The van der Waals surface area contributed by atoms with Crippen LogP contribution < -0.4 is 5.32 Å². The Morgan fingerprint density at radius 1 is 1.44 bits per heavy atom. The predicted octanol–water partition coefficient (Wildman–Crippen LogP) is 2.12. The highest BCUT2D eigenvalue weighted by atomic mass is 19.1. The molecule has 0 aliphatic heterocycles. The molecule has 0 radical (unpaired) electrons. The van der Waals surface area contributed by atoms with Crippen LogP contribution in [0, 0.1) is 12.7 Å². The van der Waals surface area contributed by atoms with Gasteiger partial charge in [-0.25, -0.2) is 9.18 Å². The highest BCUT2D eigenvalue weighted by Crippen LogP contribution is 2.10. The summed E-state index contributed by atoms with van der Waals surface area (Å²) in [5.74, 6) is -2.46. The molecule has 1 amide bonds. The Labute approximate surface area is 105 Å². The standard InChI is InChI=1S/C13H16FNO3/c1-3-4-11(13(17)18)15-12(16)9-6-5-8(2)7-10(9)14/h5-7,11H,3-4H2,1-2H3,(H,15,16)(H,17,18)/t11-/m1/s1. The molecule has 0 saturated carbocycles. The second-order valence-electron chi connectivity index (χ2n) is 4.14. The number of halogens is 1. The first-order chi connectivity index (χ1) is 8.45. The Bertz CT molecular complexity index is 460.